The summed E-state index contributed by atoms with van der Waals surface area (Å²) >= 11 is 0. The molecule has 0 aromatic heterocycles. The Kier molecular flexibility index (Phi) is 4.63. The number of rotatable bonds is 5. The van der Waals surface area contributed by atoms with Crippen LogP contribution in [0.3, 0.4) is 0 Å². The van der Waals surface area contributed by atoms with Gasteiger partial charge in [0.25, 0.3) is 5.69 Å². The lowest BCUT2D eigenvalue weighted by Gasteiger charge is -2.30. The van der Waals surface area contributed by atoms with Gasteiger partial charge in [-0.15, -0.1) is 0 Å². The molecule has 0 unspecified atom stereocenters. The molecule has 17 heavy (non-hydrogen) atoms. The lowest BCUT2D eigenvalue weighted by atomic mass is 10.1. The van der Waals surface area contributed by atoms with E-state index in [9.17, 15) is 10.1 Å². The summed E-state index contributed by atoms with van der Waals surface area (Å²) in [4.78, 5) is 12.9. The van der Waals surface area contributed by atoms with Crippen LogP contribution < -0.4 is 0 Å². The van der Waals surface area contributed by atoms with Crippen molar-refractivity contribution < 1.29 is 4.92 Å². The lowest BCUT2D eigenvalue weighted by Crippen LogP contribution is -2.36. The normalized spacial score (nSPS) is 11.5. The van der Waals surface area contributed by atoms with E-state index >= 15 is 0 Å². The minimum atomic E-state index is -0.311. The van der Waals surface area contributed by atoms with Gasteiger partial charge in [0.2, 0.25) is 0 Å². The topological polar surface area (TPSA) is 46.4 Å². The molecule has 1 aromatic rings. The molecule has 4 heteroatoms. The van der Waals surface area contributed by atoms with Gasteiger partial charge in [-0.05, 0) is 27.7 Å². The third-order valence-corrected chi connectivity index (χ3v) is 2.87. The van der Waals surface area contributed by atoms with Crippen molar-refractivity contribution >= 4 is 5.69 Å². The molecule has 1 aromatic carbocycles. The van der Waals surface area contributed by atoms with E-state index in [1.807, 2.05) is 12.1 Å². The van der Waals surface area contributed by atoms with Gasteiger partial charge < -0.3 is 0 Å². The molecule has 0 atom stereocenters. The zero-order chi connectivity index (χ0) is 13.0. The summed E-state index contributed by atoms with van der Waals surface area (Å²) in [5.41, 5.74) is 0.985. The fourth-order valence-corrected chi connectivity index (χ4v) is 1.98. The van der Waals surface area contributed by atoms with Crippen LogP contribution in [0.1, 0.15) is 33.3 Å². The monoisotopic (exact) mass is 236 g/mol. The highest BCUT2D eigenvalue weighted by atomic mass is 16.6. The molecule has 0 heterocycles. The SMILES string of the molecule is CC(C)N(Cc1ccccc1[N+](=O)[O-])C(C)C. The van der Waals surface area contributed by atoms with Crippen molar-refractivity contribution in [2.45, 2.75) is 46.3 Å². The number of nitrogens with zero attached hydrogens (tertiary/aromatic N) is 2. The van der Waals surface area contributed by atoms with Gasteiger partial charge in [0.15, 0.2) is 0 Å². The van der Waals surface area contributed by atoms with Gasteiger partial charge in [0.05, 0.1) is 4.92 Å². The number of nitro benzene ring substituents is 1. The second-order valence-electron chi connectivity index (χ2n) is 4.75. The summed E-state index contributed by atoms with van der Waals surface area (Å²) in [7, 11) is 0. The summed E-state index contributed by atoms with van der Waals surface area (Å²) in [6.07, 6.45) is 0. The first-order chi connectivity index (χ1) is 7.93. The van der Waals surface area contributed by atoms with E-state index in [1.165, 1.54) is 0 Å². The number of nitro groups is 1. The second-order valence-corrected chi connectivity index (χ2v) is 4.75. The van der Waals surface area contributed by atoms with E-state index in [0.717, 1.165) is 5.56 Å². The van der Waals surface area contributed by atoms with E-state index < -0.39 is 0 Å². The average molecular weight is 236 g/mol. The van der Waals surface area contributed by atoms with Crippen molar-refractivity contribution in [3.63, 3.8) is 0 Å². The van der Waals surface area contributed by atoms with Crippen LogP contribution in [-0.4, -0.2) is 21.9 Å². The van der Waals surface area contributed by atoms with Crippen LogP contribution >= 0.6 is 0 Å². The number of para-hydroxylation sites is 1. The van der Waals surface area contributed by atoms with Crippen LogP contribution in [0.5, 0.6) is 0 Å². The van der Waals surface area contributed by atoms with Gasteiger partial charge in [0, 0.05) is 30.3 Å². The molecule has 0 fully saturated rings. The van der Waals surface area contributed by atoms with E-state index in [4.69, 9.17) is 0 Å². The zero-order valence-corrected chi connectivity index (χ0v) is 10.9. The number of benzene rings is 1. The summed E-state index contributed by atoms with van der Waals surface area (Å²) in [5, 5.41) is 10.9. The number of hydrogen-bond acceptors (Lipinski definition) is 3. The molecular formula is C13H20N2O2. The molecule has 0 bridgehead atoms. The van der Waals surface area contributed by atoms with E-state index in [-0.39, 0.29) is 10.6 Å². The van der Waals surface area contributed by atoms with Gasteiger partial charge in [-0.3, -0.25) is 15.0 Å². The fourth-order valence-electron chi connectivity index (χ4n) is 1.98. The van der Waals surface area contributed by atoms with Crippen LogP contribution in [-0.2, 0) is 6.54 Å². The fraction of sp³-hybridized carbons (Fsp3) is 0.538. The predicted octanol–water partition coefficient (Wildman–Crippen LogP) is 3.21. The zero-order valence-electron chi connectivity index (χ0n) is 10.9. The molecule has 0 saturated heterocycles. The quantitative estimate of drug-likeness (QED) is 0.582. The highest BCUT2D eigenvalue weighted by Gasteiger charge is 2.19. The molecule has 0 aliphatic carbocycles. The summed E-state index contributed by atoms with van der Waals surface area (Å²) < 4.78 is 0. The second kappa shape index (κ2) is 5.77. The predicted molar refractivity (Wildman–Crippen MR) is 68.9 cm³/mol. The molecule has 0 amide bonds. The summed E-state index contributed by atoms with van der Waals surface area (Å²) in [5.74, 6) is 0. The van der Waals surface area contributed by atoms with E-state index in [2.05, 4.69) is 32.6 Å². The highest BCUT2D eigenvalue weighted by Crippen LogP contribution is 2.21. The first kappa shape index (κ1) is 13.6. The molecule has 4 nitrogen and oxygen atoms in total. The van der Waals surface area contributed by atoms with Crippen LogP contribution in [0, 0.1) is 10.1 Å². The molecule has 0 aliphatic rings. The van der Waals surface area contributed by atoms with Gasteiger partial charge >= 0.3 is 0 Å². The molecule has 94 valence electrons. The Balaban J connectivity index is 2.97. The summed E-state index contributed by atoms with van der Waals surface area (Å²) in [6.45, 7) is 9.04. The molecule has 0 aliphatic heterocycles. The molecule has 0 spiro atoms. The van der Waals surface area contributed by atoms with Gasteiger partial charge in [-0.25, -0.2) is 0 Å². The van der Waals surface area contributed by atoms with Crippen molar-refractivity contribution in [3.05, 3.63) is 39.9 Å². The lowest BCUT2D eigenvalue weighted by molar-refractivity contribution is -0.385. The highest BCUT2D eigenvalue weighted by molar-refractivity contribution is 5.39. The van der Waals surface area contributed by atoms with E-state index in [1.54, 1.807) is 12.1 Å². The Morgan fingerprint density at radius 3 is 2.18 bits per heavy atom. The molecule has 0 radical (unpaired) electrons. The maximum absolute atomic E-state index is 10.9. The third-order valence-electron chi connectivity index (χ3n) is 2.87. The third kappa shape index (κ3) is 3.53. The minimum absolute atomic E-state index is 0.207. The van der Waals surface area contributed by atoms with Crippen molar-refractivity contribution in [1.29, 1.82) is 0 Å². The Labute approximate surface area is 102 Å². The molecule has 0 saturated carbocycles. The first-order valence-electron chi connectivity index (χ1n) is 5.91. The summed E-state index contributed by atoms with van der Waals surface area (Å²) in [6, 6.07) is 7.69. The van der Waals surface area contributed by atoms with Gasteiger partial charge in [0.1, 0.15) is 0 Å². The largest absolute Gasteiger partial charge is 0.294 e. The van der Waals surface area contributed by atoms with Crippen LogP contribution in [0.4, 0.5) is 5.69 Å². The Hall–Kier alpha value is -1.42. The number of hydrogen-bond donors (Lipinski definition) is 0. The minimum Gasteiger partial charge on any atom is -0.294 e. The van der Waals surface area contributed by atoms with E-state index in [0.29, 0.717) is 18.6 Å². The average Bonchev–Trinajstić information content (AvgIpc) is 2.25. The molecule has 1 rings (SSSR count). The van der Waals surface area contributed by atoms with Crippen molar-refractivity contribution in [1.82, 2.24) is 4.90 Å². The Morgan fingerprint density at radius 1 is 1.18 bits per heavy atom. The van der Waals surface area contributed by atoms with Crippen LogP contribution in [0.15, 0.2) is 24.3 Å². The first-order valence-corrected chi connectivity index (χ1v) is 5.91. The molecular weight excluding hydrogens is 216 g/mol. The van der Waals surface area contributed by atoms with Crippen molar-refractivity contribution in [2.75, 3.05) is 0 Å². The van der Waals surface area contributed by atoms with Gasteiger partial charge in [-0.1, -0.05) is 18.2 Å². The van der Waals surface area contributed by atoms with Crippen molar-refractivity contribution in [2.24, 2.45) is 0 Å². The van der Waals surface area contributed by atoms with Crippen LogP contribution in [0.2, 0.25) is 0 Å². The van der Waals surface area contributed by atoms with Gasteiger partial charge in [-0.2, -0.15) is 0 Å². The smallest absolute Gasteiger partial charge is 0.273 e. The van der Waals surface area contributed by atoms with Crippen molar-refractivity contribution in [3.8, 4) is 0 Å². The van der Waals surface area contributed by atoms with Crippen LogP contribution in [0.25, 0.3) is 0 Å². The Bertz CT molecular complexity index is 381. The maximum atomic E-state index is 10.9. The standard InChI is InChI=1S/C13H20N2O2/c1-10(2)14(11(3)4)9-12-7-5-6-8-13(12)15(16)17/h5-8,10-11H,9H2,1-4H3. The maximum Gasteiger partial charge on any atom is 0.273 e. The molecule has 0 N–H and O–H groups in total. The Morgan fingerprint density at radius 2 is 1.71 bits per heavy atom.